The predicted octanol–water partition coefficient (Wildman–Crippen LogP) is 3.17. The fraction of sp³-hybridized carbons (Fsp3) is 0.316. The van der Waals surface area contributed by atoms with Gasteiger partial charge in [0.25, 0.3) is 5.91 Å². The summed E-state index contributed by atoms with van der Waals surface area (Å²) >= 11 is 1.49. The number of fused-ring (bicyclic) bond motifs is 2. The third-order valence-electron chi connectivity index (χ3n) is 5.00. The molecule has 2 aliphatic rings. The topological polar surface area (TPSA) is 78.1 Å². The number of carbonyl (C=O) groups excluding carboxylic acids is 2. The average molecular weight is 366 g/mol. The number of benzene rings is 1. The van der Waals surface area contributed by atoms with Crippen molar-refractivity contribution in [2.45, 2.75) is 25.8 Å². The summed E-state index contributed by atoms with van der Waals surface area (Å²) < 4.78 is 0. The van der Waals surface area contributed by atoms with E-state index in [0.29, 0.717) is 23.8 Å². The first kappa shape index (κ1) is 15.6. The van der Waals surface area contributed by atoms with Gasteiger partial charge in [-0.1, -0.05) is 11.3 Å². The van der Waals surface area contributed by atoms with Crippen molar-refractivity contribution < 1.29 is 9.59 Å². The zero-order valence-corrected chi connectivity index (χ0v) is 14.9. The van der Waals surface area contributed by atoms with E-state index in [9.17, 15) is 9.59 Å². The molecule has 1 aliphatic heterocycles. The normalized spacial score (nSPS) is 16.5. The van der Waals surface area contributed by atoms with Crippen molar-refractivity contribution >= 4 is 39.2 Å². The van der Waals surface area contributed by atoms with Gasteiger partial charge in [0, 0.05) is 46.4 Å². The lowest BCUT2D eigenvalue weighted by atomic mass is 10.1. The molecule has 26 heavy (non-hydrogen) atoms. The predicted molar refractivity (Wildman–Crippen MR) is 100 cm³/mol. The van der Waals surface area contributed by atoms with E-state index in [-0.39, 0.29) is 17.7 Å². The molecule has 2 N–H and O–H groups in total. The maximum atomic E-state index is 12.9. The largest absolute Gasteiger partial charge is 0.361 e. The monoisotopic (exact) mass is 366 g/mol. The number of thiazole rings is 1. The van der Waals surface area contributed by atoms with Gasteiger partial charge in [0.1, 0.15) is 0 Å². The van der Waals surface area contributed by atoms with Crippen molar-refractivity contribution in [3.8, 4) is 0 Å². The fourth-order valence-electron chi connectivity index (χ4n) is 3.34. The number of nitrogens with zero attached hydrogens (tertiary/aromatic N) is 2. The van der Waals surface area contributed by atoms with Crippen LogP contribution in [0.3, 0.4) is 0 Å². The summed E-state index contributed by atoms with van der Waals surface area (Å²) in [7, 11) is 0. The molecule has 0 radical (unpaired) electrons. The van der Waals surface area contributed by atoms with Gasteiger partial charge in [-0.3, -0.25) is 9.59 Å². The molecule has 6 nitrogen and oxygen atoms in total. The quantitative estimate of drug-likeness (QED) is 0.747. The van der Waals surface area contributed by atoms with Gasteiger partial charge in [0.2, 0.25) is 5.91 Å². The van der Waals surface area contributed by atoms with Crippen molar-refractivity contribution in [2.24, 2.45) is 5.92 Å². The smallest absolute Gasteiger partial charge is 0.254 e. The van der Waals surface area contributed by atoms with E-state index in [1.54, 1.807) is 0 Å². The summed E-state index contributed by atoms with van der Waals surface area (Å²) in [5, 5.41) is 4.62. The third kappa shape index (κ3) is 2.78. The summed E-state index contributed by atoms with van der Waals surface area (Å²) in [6.07, 6.45) is 4.56. The number of rotatable bonds is 3. The van der Waals surface area contributed by atoms with Crippen molar-refractivity contribution in [3.63, 3.8) is 0 Å². The van der Waals surface area contributed by atoms with Gasteiger partial charge in [-0.15, -0.1) is 0 Å². The molecule has 0 atom stereocenters. The fourth-order valence-corrected chi connectivity index (χ4v) is 4.37. The molecule has 7 heteroatoms. The summed E-state index contributed by atoms with van der Waals surface area (Å²) in [5.41, 5.74) is 2.74. The SMILES string of the molecule is O=C(Nc1nc2c(s1)CN(C(=O)c1ccc3[nH]ccc3c1)CC2)C1CC1. The Kier molecular flexibility index (Phi) is 3.56. The molecular weight excluding hydrogens is 348 g/mol. The van der Waals surface area contributed by atoms with Crippen molar-refractivity contribution in [2.75, 3.05) is 11.9 Å². The van der Waals surface area contributed by atoms with Gasteiger partial charge < -0.3 is 15.2 Å². The Morgan fingerprint density at radius 2 is 2.15 bits per heavy atom. The van der Waals surface area contributed by atoms with E-state index in [0.717, 1.165) is 40.7 Å². The van der Waals surface area contributed by atoms with Crippen molar-refractivity contribution in [3.05, 3.63) is 46.6 Å². The van der Waals surface area contributed by atoms with Crippen LogP contribution in [0.25, 0.3) is 10.9 Å². The first-order chi connectivity index (χ1) is 12.7. The molecule has 3 heterocycles. The number of carbonyl (C=O) groups is 2. The standard InChI is InChI=1S/C19H18N4O2S/c24-17(11-1-2-11)22-19-21-15-6-8-23(10-16(15)26-19)18(25)13-3-4-14-12(9-13)5-7-20-14/h3-5,7,9,11,20H,1-2,6,8,10H2,(H,21,22,24). The molecule has 5 rings (SSSR count). The second-order valence-electron chi connectivity index (χ2n) is 6.91. The van der Waals surface area contributed by atoms with Gasteiger partial charge in [-0.2, -0.15) is 0 Å². The number of amides is 2. The molecule has 0 unspecified atom stereocenters. The molecule has 1 fully saturated rings. The molecule has 1 aliphatic carbocycles. The summed E-state index contributed by atoms with van der Waals surface area (Å²) in [5.74, 6) is 0.275. The highest BCUT2D eigenvalue weighted by molar-refractivity contribution is 7.15. The lowest BCUT2D eigenvalue weighted by molar-refractivity contribution is -0.117. The molecule has 2 aromatic heterocycles. The van der Waals surface area contributed by atoms with E-state index >= 15 is 0 Å². The van der Waals surface area contributed by atoms with Gasteiger partial charge in [0.15, 0.2) is 5.13 Å². The van der Waals surface area contributed by atoms with Crippen LogP contribution in [0.5, 0.6) is 0 Å². The highest BCUT2D eigenvalue weighted by Crippen LogP contribution is 2.33. The third-order valence-corrected chi connectivity index (χ3v) is 5.99. The van der Waals surface area contributed by atoms with Gasteiger partial charge in [-0.05, 0) is 37.1 Å². The Bertz CT molecular complexity index is 1020. The minimum Gasteiger partial charge on any atom is -0.361 e. The molecule has 132 valence electrons. The van der Waals surface area contributed by atoms with E-state index in [2.05, 4.69) is 15.3 Å². The van der Waals surface area contributed by atoms with Crippen LogP contribution < -0.4 is 5.32 Å². The van der Waals surface area contributed by atoms with Crippen molar-refractivity contribution in [1.82, 2.24) is 14.9 Å². The number of aromatic amines is 1. The number of anilines is 1. The Morgan fingerprint density at radius 3 is 3.00 bits per heavy atom. The molecule has 0 bridgehead atoms. The highest BCUT2D eigenvalue weighted by atomic mass is 32.1. The highest BCUT2D eigenvalue weighted by Gasteiger charge is 2.31. The Morgan fingerprint density at radius 1 is 1.27 bits per heavy atom. The first-order valence-corrected chi connectivity index (χ1v) is 9.65. The van der Waals surface area contributed by atoms with Crippen LogP contribution in [0, 0.1) is 5.92 Å². The van der Waals surface area contributed by atoms with Gasteiger partial charge >= 0.3 is 0 Å². The Labute approximate surface area is 154 Å². The number of nitrogens with one attached hydrogen (secondary N) is 2. The molecule has 1 saturated carbocycles. The van der Waals surface area contributed by atoms with E-state index in [4.69, 9.17) is 0 Å². The second kappa shape index (κ2) is 5.95. The summed E-state index contributed by atoms with van der Waals surface area (Å²) in [6, 6.07) is 7.71. The van der Waals surface area contributed by atoms with Crippen LogP contribution in [0.4, 0.5) is 5.13 Å². The molecule has 2 amide bonds. The van der Waals surface area contributed by atoms with E-state index < -0.39 is 0 Å². The number of hydrogen-bond acceptors (Lipinski definition) is 4. The number of aromatic nitrogens is 2. The number of H-pyrrole nitrogens is 1. The molecule has 1 aromatic carbocycles. The van der Waals surface area contributed by atoms with Gasteiger partial charge in [0.05, 0.1) is 12.2 Å². The molecule has 0 saturated heterocycles. The molecule has 3 aromatic rings. The Balaban J connectivity index is 1.33. The molecular formula is C19H18N4O2S. The second-order valence-corrected chi connectivity index (χ2v) is 7.99. The van der Waals surface area contributed by atoms with Crippen LogP contribution in [0.15, 0.2) is 30.5 Å². The molecule has 0 spiro atoms. The van der Waals surface area contributed by atoms with Crippen LogP contribution in [-0.4, -0.2) is 33.2 Å². The Hall–Kier alpha value is -2.67. The first-order valence-electron chi connectivity index (χ1n) is 8.83. The lowest BCUT2D eigenvalue weighted by Gasteiger charge is -2.26. The lowest BCUT2D eigenvalue weighted by Crippen LogP contribution is -2.35. The summed E-state index contributed by atoms with van der Waals surface area (Å²) in [6.45, 7) is 1.20. The van der Waals surface area contributed by atoms with Crippen LogP contribution in [0.1, 0.15) is 33.8 Å². The van der Waals surface area contributed by atoms with Crippen LogP contribution in [-0.2, 0) is 17.8 Å². The van der Waals surface area contributed by atoms with E-state index in [1.165, 1.54) is 11.3 Å². The maximum Gasteiger partial charge on any atom is 0.254 e. The van der Waals surface area contributed by atoms with Crippen LogP contribution >= 0.6 is 11.3 Å². The minimum atomic E-state index is 0.0377. The zero-order valence-electron chi connectivity index (χ0n) is 14.1. The van der Waals surface area contributed by atoms with Crippen LogP contribution in [0.2, 0.25) is 0 Å². The van der Waals surface area contributed by atoms with E-state index in [1.807, 2.05) is 35.4 Å². The minimum absolute atomic E-state index is 0.0377. The number of hydrogen-bond donors (Lipinski definition) is 2. The average Bonchev–Trinajstić information content (AvgIpc) is 3.27. The maximum absolute atomic E-state index is 12.9. The van der Waals surface area contributed by atoms with Gasteiger partial charge in [-0.25, -0.2) is 4.98 Å². The van der Waals surface area contributed by atoms with Crippen molar-refractivity contribution in [1.29, 1.82) is 0 Å². The summed E-state index contributed by atoms with van der Waals surface area (Å²) in [4.78, 5) is 35.4. The zero-order chi connectivity index (χ0) is 17.7.